The second-order valence-corrected chi connectivity index (χ2v) is 8.42. The molecule has 0 bridgehead atoms. The number of carboxylic acids is 1. The van der Waals surface area contributed by atoms with Gasteiger partial charge in [-0.3, -0.25) is 4.79 Å². The van der Waals surface area contributed by atoms with E-state index in [9.17, 15) is 25.2 Å². The van der Waals surface area contributed by atoms with Gasteiger partial charge in [-0.25, -0.2) is 0 Å². The Morgan fingerprint density at radius 2 is 1.00 bits per heavy atom. The minimum atomic E-state index is -1.45. The fourth-order valence-corrected chi connectivity index (χ4v) is 3.91. The van der Waals surface area contributed by atoms with Gasteiger partial charge in [0.2, 0.25) is 0 Å². The number of rotatable bonds is 17. The largest absolute Gasteiger partial charge is 0.481 e. The first kappa shape index (κ1) is 26.3. The third-order valence-corrected chi connectivity index (χ3v) is 5.82. The van der Waals surface area contributed by atoms with Crippen molar-refractivity contribution in [3.05, 3.63) is 0 Å². The van der Waals surface area contributed by atoms with Crippen LogP contribution >= 0.6 is 0 Å². The zero-order valence-corrected chi connectivity index (χ0v) is 17.8. The summed E-state index contributed by atoms with van der Waals surface area (Å²) in [6.45, 7) is 0. The van der Waals surface area contributed by atoms with Gasteiger partial charge < -0.3 is 30.3 Å². The molecule has 1 heterocycles. The van der Waals surface area contributed by atoms with Gasteiger partial charge in [0.25, 0.3) is 0 Å². The molecule has 0 saturated carbocycles. The van der Waals surface area contributed by atoms with Crippen LogP contribution in [-0.4, -0.2) is 62.2 Å². The van der Waals surface area contributed by atoms with E-state index in [0.29, 0.717) is 12.8 Å². The summed E-state index contributed by atoms with van der Waals surface area (Å²) in [6, 6.07) is 0. The van der Waals surface area contributed by atoms with Crippen LogP contribution in [0.25, 0.3) is 0 Å². The van der Waals surface area contributed by atoms with Crippen molar-refractivity contribution in [2.24, 2.45) is 0 Å². The monoisotopic (exact) mass is 418 g/mol. The zero-order chi connectivity index (χ0) is 21.5. The Kier molecular flexibility index (Phi) is 14.5. The molecule has 1 aliphatic heterocycles. The van der Waals surface area contributed by atoms with Gasteiger partial charge in [0.15, 0.2) is 6.29 Å². The number of carbonyl (C=O) groups is 1. The van der Waals surface area contributed by atoms with Gasteiger partial charge in [-0.1, -0.05) is 83.5 Å². The van der Waals surface area contributed by atoms with Gasteiger partial charge in [0.1, 0.15) is 18.3 Å². The Hall–Kier alpha value is -0.730. The first-order chi connectivity index (χ1) is 13.9. The summed E-state index contributed by atoms with van der Waals surface area (Å²) in [7, 11) is 0. The predicted molar refractivity (Wildman–Crippen MR) is 110 cm³/mol. The van der Waals surface area contributed by atoms with E-state index in [1.54, 1.807) is 0 Å². The highest BCUT2D eigenvalue weighted by Gasteiger charge is 2.42. The van der Waals surface area contributed by atoms with Crippen LogP contribution in [0.4, 0.5) is 0 Å². The highest BCUT2D eigenvalue weighted by Crippen LogP contribution is 2.24. The molecule has 7 heteroatoms. The van der Waals surface area contributed by atoms with Crippen LogP contribution < -0.4 is 0 Å². The van der Waals surface area contributed by atoms with Crippen molar-refractivity contribution in [3.8, 4) is 0 Å². The van der Waals surface area contributed by atoms with Crippen molar-refractivity contribution >= 4 is 5.97 Å². The third kappa shape index (κ3) is 11.9. The molecule has 0 aromatic carbocycles. The SMILES string of the molecule is O=C(O)CCCCCCCCCCCCCCCCC1OC(O)C(O)C(O)C1O. The standard InChI is InChI=1S/C22H42O7/c23-18(24)16-14-12-10-8-6-4-2-1-3-5-7-9-11-13-15-17-19(25)20(26)21(27)22(28)29-17/h17,19-22,25-28H,1-16H2,(H,23,24). The maximum Gasteiger partial charge on any atom is 0.303 e. The van der Waals surface area contributed by atoms with Crippen LogP contribution in [0.3, 0.4) is 0 Å². The molecule has 5 unspecified atom stereocenters. The Morgan fingerprint density at radius 3 is 1.45 bits per heavy atom. The number of aliphatic hydroxyl groups is 4. The maximum absolute atomic E-state index is 10.4. The van der Waals surface area contributed by atoms with Crippen LogP contribution in [0.1, 0.15) is 103 Å². The molecule has 1 fully saturated rings. The van der Waals surface area contributed by atoms with Gasteiger partial charge in [0.05, 0.1) is 6.10 Å². The van der Waals surface area contributed by atoms with Crippen molar-refractivity contribution in [2.75, 3.05) is 0 Å². The summed E-state index contributed by atoms with van der Waals surface area (Å²) in [5, 5.41) is 47.1. The summed E-state index contributed by atoms with van der Waals surface area (Å²) >= 11 is 0. The van der Waals surface area contributed by atoms with Crippen molar-refractivity contribution in [1.29, 1.82) is 0 Å². The van der Waals surface area contributed by atoms with E-state index in [0.717, 1.165) is 38.5 Å². The van der Waals surface area contributed by atoms with Crippen LogP contribution in [0.15, 0.2) is 0 Å². The smallest absolute Gasteiger partial charge is 0.303 e. The molecule has 0 aliphatic carbocycles. The van der Waals surface area contributed by atoms with Gasteiger partial charge >= 0.3 is 5.97 Å². The summed E-state index contributed by atoms with van der Waals surface area (Å²) in [5.41, 5.74) is 0. The number of hydrogen-bond acceptors (Lipinski definition) is 6. The van der Waals surface area contributed by atoms with Gasteiger partial charge in [-0.05, 0) is 12.8 Å². The molecule has 0 aromatic heterocycles. The molecule has 29 heavy (non-hydrogen) atoms. The molecular formula is C22H42O7. The second-order valence-electron chi connectivity index (χ2n) is 8.42. The molecule has 5 N–H and O–H groups in total. The van der Waals surface area contributed by atoms with Gasteiger partial charge in [-0.15, -0.1) is 0 Å². The van der Waals surface area contributed by atoms with E-state index in [1.165, 1.54) is 51.4 Å². The Bertz CT molecular complexity index is 418. The number of ether oxygens (including phenoxy) is 1. The number of hydrogen-bond donors (Lipinski definition) is 5. The molecule has 0 amide bonds. The first-order valence-corrected chi connectivity index (χ1v) is 11.5. The lowest BCUT2D eigenvalue weighted by atomic mass is 9.95. The average molecular weight is 419 g/mol. The fourth-order valence-electron chi connectivity index (χ4n) is 3.91. The topological polar surface area (TPSA) is 127 Å². The summed E-state index contributed by atoms with van der Waals surface area (Å²) in [5.74, 6) is -0.692. The number of aliphatic hydroxyl groups excluding tert-OH is 4. The third-order valence-electron chi connectivity index (χ3n) is 5.82. The number of aliphatic carboxylic acids is 1. The summed E-state index contributed by atoms with van der Waals surface area (Å²) in [4.78, 5) is 10.4. The van der Waals surface area contributed by atoms with Gasteiger partial charge in [0, 0.05) is 6.42 Å². The molecule has 1 rings (SSSR count). The van der Waals surface area contributed by atoms with E-state index in [4.69, 9.17) is 9.84 Å². The first-order valence-electron chi connectivity index (χ1n) is 11.5. The highest BCUT2D eigenvalue weighted by molar-refractivity contribution is 5.66. The Morgan fingerprint density at radius 1 is 0.586 bits per heavy atom. The molecular weight excluding hydrogens is 376 g/mol. The fraction of sp³-hybridized carbons (Fsp3) is 0.955. The lowest BCUT2D eigenvalue weighted by molar-refractivity contribution is -0.282. The van der Waals surface area contributed by atoms with Crippen LogP contribution in [-0.2, 0) is 9.53 Å². The van der Waals surface area contributed by atoms with Crippen molar-refractivity contribution < 1.29 is 35.1 Å². The summed E-state index contributed by atoms with van der Waals surface area (Å²) in [6.07, 6.45) is 10.8. The minimum Gasteiger partial charge on any atom is -0.481 e. The zero-order valence-electron chi connectivity index (χ0n) is 17.8. The molecule has 1 saturated heterocycles. The number of unbranched alkanes of at least 4 members (excludes halogenated alkanes) is 13. The van der Waals surface area contributed by atoms with Crippen LogP contribution in [0.5, 0.6) is 0 Å². The minimum absolute atomic E-state index is 0.298. The molecule has 7 nitrogen and oxygen atoms in total. The predicted octanol–water partition coefficient (Wildman–Crippen LogP) is 3.11. The molecule has 0 aromatic rings. The van der Waals surface area contributed by atoms with E-state index < -0.39 is 36.7 Å². The van der Waals surface area contributed by atoms with Crippen molar-refractivity contribution in [1.82, 2.24) is 0 Å². The normalized spacial score (nSPS) is 27.2. The van der Waals surface area contributed by atoms with Crippen LogP contribution in [0, 0.1) is 0 Å². The molecule has 172 valence electrons. The van der Waals surface area contributed by atoms with Gasteiger partial charge in [-0.2, -0.15) is 0 Å². The highest BCUT2D eigenvalue weighted by atomic mass is 16.6. The van der Waals surface area contributed by atoms with Crippen LogP contribution in [0.2, 0.25) is 0 Å². The van der Waals surface area contributed by atoms with E-state index in [1.807, 2.05) is 0 Å². The van der Waals surface area contributed by atoms with E-state index in [-0.39, 0.29) is 0 Å². The molecule has 1 aliphatic rings. The lowest BCUT2D eigenvalue weighted by Gasteiger charge is -2.38. The maximum atomic E-state index is 10.4. The molecule has 5 atom stereocenters. The second kappa shape index (κ2) is 16.0. The molecule has 0 spiro atoms. The van der Waals surface area contributed by atoms with E-state index >= 15 is 0 Å². The Labute approximate surface area is 175 Å². The average Bonchev–Trinajstić information content (AvgIpc) is 2.69. The molecule has 0 radical (unpaired) electrons. The summed E-state index contributed by atoms with van der Waals surface area (Å²) < 4.78 is 5.18. The lowest BCUT2D eigenvalue weighted by Crippen LogP contribution is -2.57. The Balaban J connectivity index is 1.83. The van der Waals surface area contributed by atoms with Crippen molar-refractivity contribution in [2.45, 2.75) is 133 Å². The quantitative estimate of drug-likeness (QED) is 0.230. The van der Waals surface area contributed by atoms with E-state index in [2.05, 4.69) is 0 Å². The number of carboxylic acid groups (broad SMARTS) is 1. The van der Waals surface area contributed by atoms with Crippen molar-refractivity contribution in [3.63, 3.8) is 0 Å².